The Morgan fingerprint density at radius 1 is 1.15 bits per heavy atom. The number of pyridine rings is 2. The molecule has 0 bridgehead atoms. The molecule has 0 radical (unpaired) electrons. The van der Waals surface area contributed by atoms with Gasteiger partial charge in [-0.2, -0.15) is 0 Å². The average Bonchev–Trinajstić information content (AvgIpc) is 2.78. The van der Waals surface area contributed by atoms with Crippen molar-refractivity contribution in [2.45, 2.75) is 42.7 Å². The first-order valence-corrected chi connectivity index (χ1v) is 12.3. The van der Waals surface area contributed by atoms with E-state index in [4.69, 9.17) is 21.7 Å². The van der Waals surface area contributed by atoms with E-state index >= 15 is 0 Å². The maximum absolute atomic E-state index is 13.4. The summed E-state index contributed by atoms with van der Waals surface area (Å²) in [7, 11) is -4.09. The molecule has 0 amide bonds. The van der Waals surface area contributed by atoms with Gasteiger partial charge in [0.05, 0.1) is 16.4 Å². The lowest BCUT2D eigenvalue weighted by Gasteiger charge is -2.15. The number of aromatic nitrogens is 3. The van der Waals surface area contributed by atoms with Crippen molar-refractivity contribution in [2.75, 3.05) is 6.61 Å². The maximum atomic E-state index is 13.4. The predicted molar refractivity (Wildman–Crippen MR) is 125 cm³/mol. The molecule has 0 saturated heterocycles. The van der Waals surface area contributed by atoms with E-state index in [1.54, 1.807) is 24.4 Å². The Hall–Kier alpha value is -3.01. The quantitative estimate of drug-likeness (QED) is 0.318. The van der Waals surface area contributed by atoms with E-state index in [1.807, 2.05) is 13.8 Å². The van der Waals surface area contributed by atoms with Gasteiger partial charge in [-0.3, -0.25) is 14.6 Å². The molecule has 33 heavy (non-hydrogen) atoms. The van der Waals surface area contributed by atoms with Gasteiger partial charge in [-0.05, 0) is 62.7 Å². The normalized spacial score (nSPS) is 12.1. The molecule has 0 fully saturated rings. The summed E-state index contributed by atoms with van der Waals surface area (Å²) in [4.78, 5) is 17.5. The number of fused-ring (bicyclic) bond motifs is 2. The number of hydrogen-bond acceptors (Lipinski definition) is 6. The van der Waals surface area contributed by atoms with Crippen LogP contribution in [0.4, 0.5) is 0 Å². The van der Waals surface area contributed by atoms with Gasteiger partial charge in [-0.25, -0.2) is 13.4 Å². The van der Waals surface area contributed by atoms with Crippen LogP contribution in [-0.4, -0.2) is 35.1 Å². The van der Waals surface area contributed by atoms with Gasteiger partial charge in [-0.1, -0.05) is 17.7 Å². The Balaban J connectivity index is 1.97. The lowest BCUT2D eigenvalue weighted by Crippen LogP contribution is -2.30. The van der Waals surface area contributed by atoms with Gasteiger partial charge in [-0.15, -0.1) is 0 Å². The molecule has 4 rings (SSSR count). The van der Waals surface area contributed by atoms with E-state index in [0.717, 1.165) is 0 Å². The molecule has 172 valence electrons. The fourth-order valence-corrected chi connectivity index (χ4v) is 5.08. The Kier molecular flexibility index (Phi) is 6.38. The second-order valence-electron chi connectivity index (χ2n) is 7.82. The third-order valence-electron chi connectivity index (χ3n) is 5.17. The van der Waals surface area contributed by atoms with E-state index in [0.29, 0.717) is 23.7 Å². The summed E-state index contributed by atoms with van der Waals surface area (Å²) in [5, 5.41) is 9.26. The predicted octanol–water partition coefficient (Wildman–Crippen LogP) is 3.43. The highest BCUT2D eigenvalue weighted by atomic mass is 35.5. The van der Waals surface area contributed by atoms with Gasteiger partial charge >= 0.3 is 0 Å². The molecule has 0 atom stereocenters. The van der Waals surface area contributed by atoms with E-state index in [-0.39, 0.29) is 39.0 Å². The molecule has 0 saturated carbocycles. The summed E-state index contributed by atoms with van der Waals surface area (Å²) in [6, 6.07) is 12.1. The maximum Gasteiger partial charge on any atom is 0.267 e. The molecule has 3 aromatic heterocycles. The number of aryl methyl sites for hydroxylation is 1. The fourth-order valence-electron chi connectivity index (χ4n) is 3.57. The van der Waals surface area contributed by atoms with Crippen LogP contribution in [0.5, 0.6) is 0 Å². The molecule has 0 aliphatic rings. The number of ether oxygens (including phenoxy) is 1. The number of hydrogen-bond donors (Lipinski definition) is 1. The molecule has 8 nitrogen and oxygen atoms in total. The van der Waals surface area contributed by atoms with Crippen molar-refractivity contribution >= 4 is 38.1 Å². The van der Waals surface area contributed by atoms with E-state index in [1.165, 1.54) is 39.3 Å². The van der Waals surface area contributed by atoms with Gasteiger partial charge in [0.15, 0.2) is 0 Å². The van der Waals surface area contributed by atoms with Crippen LogP contribution < -0.4 is 11.0 Å². The third-order valence-corrected chi connectivity index (χ3v) is 7.21. The molecule has 0 aliphatic carbocycles. The first-order valence-electron chi connectivity index (χ1n) is 10.4. The molecule has 0 aliphatic heterocycles. The second kappa shape index (κ2) is 9.09. The smallest absolute Gasteiger partial charge is 0.267 e. The summed E-state index contributed by atoms with van der Waals surface area (Å²) >= 11 is 5.91. The minimum Gasteiger partial charge on any atom is -0.379 e. The summed E-state index contributed by atoms with van der Waals surface area (Å²) in [5.41, 5.74) is 0.0233. The molecule has 0 unspecified atom stereocenters. The van der Waals surface area contributed by atoms with Crippen molar-refractivity contribution in [1.82, 2.24) is 14.0 Å². The summed E-state index contributed by atoms with van der Waals surface area (Å²) in [5.74, 6) is 0. The zero-order valence-electron chi connectivity index (χ0n) is 18.2. The van der Waals surface area contributed by atoms with Crippen molar-refractivity contribution in [3.63, 3.8) is 0 Å². The fraction of sp³-hybridized carbons (Fsp3) is 0.261. The van der Waals surface area contributed by atoms with Crippen LogP contribution in [0.2, 0.25) is 5.02 Å². The van der Waals surface area contributed by atoms with Gasteiger partial charge in [0.25, 0.3) is 5.56 Å². The van der Waals surface area contributed by atoms with Crippen LogP contribution in [0.3, 0.4) is 0 Å². The molecule has 10 heteroatoms. The van der Waals surface area contributed by atoms with Crippen LogP contribution in [0.15, 0.2) is 69.3 Å². The first kappa shape index (κ1) is 23.2. The lowest BCUT2D eigenvalue weighted by molar-refractivity contribution is 0.0748. The molecule has 1 aromatic carbocycles. The van der Waals surface area contributed by atoms with E-state index in [2.05, 4.69) is 4.98 Å². The first-order chi connectivity index (χ1) is 15.7. The standard InChI is InChI=1S/C23H23ClN4O4S/c1-15(2)32-13-5-12-28-21(25)19(33(30,31)17-9-7-16(24)8-10-17)14-18-22(28)26-20-6-3-4-11-27(20)23(18)29/h3-4,6-11,14-15,25H,5,12-13H2,1-2H3. The number of benzene rings is 1. The highest BCUT2D eigenvalue weighted by molar-refractivity contribution is 7.91. The zero-order valence-corrected chi connectivity index (χ0v) is 19.7. The molecule has 1 N–H and O–H groups in total. The number of halogens is 1. The SMILES string of the molecule is CC(C)OCCCn1c(=N)c(S(=O)(=O)c2ccc(Cl)cc2)cc2c(=O)n3ccccc3nc21. The van der Waals surface area contributed by atoms with Crippen molar-refractivity contribution in [1.29, 1.82) is 5.41 Å². The van der Waals surface area contributed by atoms with Crippen molar-refractivity contribution < 1.29 is 13.2 Å². The number of nitrogens with zero attached hydrogens (tertiary/aromatic N) is 3. The second-order valence-corrected chi connectivity index (χ2v) is 10.2. The van der Waals surface area contributed by atoms with Crippen LogP contribution in [0, 0.1) is 5.41 Å². The van der Waals surface area contributed by atoms with Gasteiger partial charge < -0.3 is 9.30 Å². The highest BCUT2D eigenvalue weighted by Crippen LogP contribution is 2.22. The highest BCUT2D eigenvalue weighted by Gasteiger charge is 2.24. The monoisotopic (exact) mass is 486 g/mol. The largest absolute Gasteiger partial charge is 0.379 e. The van der Waals surface area contributed by atoms with Gasteiger partial charge in [0.2, 0.25) is 9.84 Å². The lowest BCUT2D eigenvalue weighted by atomic mass is 10.3. The molecule has 4 aromatic rings. The Morgan fingerprint density at radius 3 is 2.58 bits per heavy atom. The minimum atomic E-state index is -4.09. The number of sulfone groups is 1. The van der Waals surface area contributed by atoms with Crippen LogP contribution in [0.1, 0.15) is 20.3 Å². The third kappa shape index (κ3) is 4.44. The van der Waals surface area contributed by atoms with E-state index in [9.17, 15) is 13.2 Å². The summed E-state index contributed by atoms with van der Waals surface area (Å²) in [6.07, 6.45) is 2.14. The Morgan fingerprint density at radius 2 is 1.88 bits per heavy atom. The Labute approximate surface area is 195 Å². The molecular formula is C23H23ClN4O4S. The number of nitrogens with one attached hydrogen (secondary N) is 1. The van der Waals surface area contributed by atoms with Crippen LogP contribution in [0.25, 0.3) is 16.7 Å². The summed E-state index contributed by atoms with van der Waals surface area (Å²) in [6.45, 7) is 4.53. The molecule has 3 heterocycles. The zero-order chi connectivity index (χ0) is 23.8. The van der Waals surface area contributed by atoms with Crippen molar-refractivity contribution in [3.05, 3.63) is 75.6 Å². The van der Waals surface area contributed by atoms with E-state index < -0.39 is 15.4 Å². The minimum absolute atomic E-state index is 0.0108. The Bertz CT molecular complexity index is 1560. The van der Waals surface area contributed by atoms with Crippen LogP contribution >= 0.6 is 11.6 Å². The van der Waals surface area contributed by atoms with Crippen LogP contribution in [-0.2, 0) is 21.1 Å². The topological polar surface area (TPSA) is 107 Å². The molecule has 0 spiro atoms. The molecular weight excluding hydrogens is 464 g/mol. The van der Waals surface area contributed by atoms with Gasteiger partial charge in [0, 0.05) is 24.4 Å². The number of rotatable bonds is 7. The van der Waals surface area contributed by atoms with Gasteiger partial charge in [0.1, 0.15) is 21.7 Å². The average molecular weight is 487 g/mol. The van der Waals surface area contributed by atoms with Crippen molar-refractivity contribution in [3.8, 4) is 0 Å². The van der Waals surface area contributed by atoms with Crippen molar-refractivity contribution in [2.24, 2.45) is 0 Å². The summed E-state index contributed by atoms with van der Waals surface area (Å²) < 4.78 is 35.3.